The lowest BCUT2D eigenvalue weighted by atomic mass is 9.75. The minimum absolute atomic E-state index is 0.418. The van der Waals surface area contributed by atoms with Crippen LogP contribution in [0, 0.1) is 6.92 Å². The third-order valence-corrected chi connectivity index (χ3v) is 4.76. The van der Waals surface area contributed by atoms with Crippen molar-refractivity contribution in [3.05, 3.63) is 70.2 Å². The number of halogens is 1. The van der Waals surface area contributed by atoms with Gasteiger partial charge in [0.15, 0.2) is 0 Å². The molecule has 1 N–H and O–H groups in total. The molecule has 2 aromatic carbocycles. The molecule has 0 radical (unpaired) electrons. The Labute approximate surface area is 132 Å². The van der Waals surface area contributed by atoms with E-state index < -0.39 is 0 Å². The number of hydrogen-bond donors (Lipinski definition) is 1. The van der Waals surface area contributed by atoms with E-state index in [1.807, 2.05) is 12.1 Å². The van der Waals surface area contributed by atoms with Gasteiger partial charge in [0.1, 0.15) is 0 Å². The summed E-state index contributed by atoms with van der Waals surface area (Å²) >= 11 is 5.94. The molecule has 1 aliphatic carbocycles. The lowest BCUT2D eigenvalue weighted by Gasteiger charge is -2.38. The Hall–Kier alpha value is -1.31. The fourth-order valence-electron chi connectivity index (χ4n) is 3.15. The molecule has 0 spiro atoms. The Morgan fingerprint density at radius 1 is 1.10 bits per heavy atom. The van der Waals surface area contributed by atoms with Crippen LogP contribution in [-0.2, 0) is 0 Å². The molecule has 0 bridgehead atoms. The molecule has 1 fully saturated rings. The summed E-state index contributed by atoms with van der Waals surface area (Å²) in [6.45, 7) is 4.40. The summed E-state index contributed by atoms with van der Waals surface area (Å²) in [5.74, 6) is 0.685. The number of hydrogen-bond acceptors (Lipinski definition) is 1. The molecule has 0 aromatic heterocycles. The highest BCUT2D eigenvalue weighted by Gasteiger charge is 2.30. The molecule has 0 saturated heterocycles. The van der Waals surface area contributed by atoms with E-state index in [1.165, 1.54) is 29.5 Å². The van der Waals surface area contributed by atoms with Gasteiger partial charge in [0.2, 0.25) is 0 Å². The van der Waals surface area contributed by atoms with Crippen LogP contribution in [0.25, 0.3) is 0 Å². The van der Waals surface area contributed by atoms with Crippen LogP contribution in [0.5, 0.6) is 0 Å². The average molecular weight is 300 g/mol. The predicted octanol–water partition coefficient (Wildman–Crippen LogP) is 5.25. The van der Waals surface area contributed by atoms with E-state index in [1.54, 1.807) is 0 Å². The summed E-state index contributed by atoms with van der Waals surface area (Å²) in [5.41, 5.74) is 4.12. The lowest BCUT2D eigenvalue weighted by molar-refractivity contribution is 0.271. The molecule has 1 atom stereocenters. The zero-order valence-corrected chi connectivity index (χ0v) is 13.4. The van der Waals surface area contributed by atoms with E-state index in [4.69, 9.17) is 11.6 Å². The summed E-state index contributed by atoms with van der Waals surface area (Å²) in [4.78, 5) is 0. The van der Waals surface area contributed by atoms with Gasteiger partial charge < -0.3 is 5.32 Å². The maximum absolute atomic E-state index is 5.94. The Kier molecular flexibility index (Phi) is 4.32. The van der Waals surface area contributed by atoms with Crippen molar-refractivity contribution in [2.45, 2.75) is 44.7 Å². The minimum Gasteiger partial charge on any atom is -0.307 e. The normalized spacial score (nSPS) is 22.6. The van der Waals surface area contributed by atoms with Gasteiger partial charge >= 0.3 is 0 Å². The molecular weight excluding hydrogens is 278 g/mol. The van der Waals surface area contributed by atoms with Crippen LogP contribution in [0.3, 0.4) is 0 Å². The number of aryl methyl sites for hydroxylation is 1. The Bertz CT molecular complexity index is 599. The van der Waals surface area contributed by atoms with Gasteiger partial charge in [0.25, 0.3) is 0 Å². The second kappa shape index (κ2) is 6.21. The zero-order chi connectivity index (χ0) is 14.8. The van der Waals surface area contributed by atoms with E-state index in [0.717, 1.165) is 5.02 Å². The first-order chi connectivity index (χ1) is 10.1. The minimum atomic E-state index is 0.418. The fraction of sp³-hybridized carbons (Fsp3) is 0.368. The highest BCUT2D eigenvalue weighted by molar-refractivity contribution is 6.30. The first kappa shape index (κ1) is 14.6. The standard InChI is InChI=1S/C19H22ClN/c1-13-4-3-5-16(10-13)14(2)21-19-11-17(12-19)15-6-8-18(20)9-7-15/h3-10,14,17,19,21H,11-12H2,1-2H3/t14-,17?,19?/m1/s1. The van der Waals surface area contributed by atoms with Crippen molar-refractivity contribution in [2.75, 3.05) is 0 Å². The van der Waals surface area contributed by atoms with Crippen LogP contribution in [-0.4, -0.2) is 6.04 Å². The third-order valence-electron chi connectivity index (χ3n) is 4.51. The molecule has 2 aromatic rings. The predicted molar refractivity (Wildman–Crippen MR) is 89.9 cm³/mol. The summed E-state index contributed by atoms with van der Waals surface area (Å²) in [6, 6.07) is 18.1. The molecule has 0 amide bonds. The molecule has 110 valence electrons. The third kappa shape index (κ3) is 3.48. The van der Waals surface area contributed by atoms with E-state index in [9.17, 15) is 0 Å². The van der Waals surface area contributed by atoms with E-state index in [0.29, 0.717) is 18.0 Å². The summed E-state index contributed by atoms with van der Waals surface area (Å²) in [6.07, 6.45) is 2.44. The fourth-order valence-corrected chi connectivity index (χ4v) is 3.28. The maximum atomic E-state index is 5.94. The van der Waals surface area contributed by atoms with Crippen molar-refractivity contribution in [2.24, 2.45) is 0 Å². The van der Waals surface area contributed by atoms with Crippen LogP contribution >= 0.6 is 11.6 Å². The molecule has 0 aliphatic heterocycles. The van der Waals surface area contributed by atoms with Gasteiger partial charge in [-0.2, -0.15) is 0 Å². The molecule has 0 unspecified atom stereocenters. The second-order valence-electron chi connectivity index (χ2n) is 6.22. The largest absolute Gasteiger partial charge is 0.307 e. The van der Waals surface area contributed by atoms with Crippen LogP contribution < -0.4 is 5.32 Å². The SMILES string of the molecule is Cc1cccc([C@@H](C)NC2CC(c3ccc(Cl)cc3)C2)c1. The van der Waals surface area contributed by atoms with Gasteiger partial charge in [-0.15, -0.1) is 0 Å². The maximum Gasteiger partial charge on any atom is 0.0406 e. The molecule has 2 heteroatoms. The zero-order valence-electron chi connectivity index (χ0n) is 12.6. The summed E-state index contributed by atoms with van der Waals surface area (Å²) in [5, 5.41) is 4.57. The van der Waals surface area contributed by atoms with Gasteiger partial charge in [0.05, 0.1) is 0 Å². The van der Waals surface area contributed by atoms with Crippen molar-refractivity contribution in [3.63, 3.8) is 0 Å². The Morgan fingerprint density at radius 3 is 2.48 bits per heavy atom. The van der Waals surface area contributed by atoms with Gasteiger partial charge in [-0.05, 0) is 55.9 Å². The first-order valence-corrected chi connectivity index (χ1v) is 8.07. The van der Waals surface area contributed by atoms with Gasteiger partial charge in [0, 0.05) is 17.1 Å². The molecule has 1 aliphatic rings. The lowest BCUT2D eigenvalue weighted by Crippen LogP contribution is -2.41. The first-order valence-electron chi connectivity index (χ1n) is 7.70. The molecule has 3 rings (SSSR count). The van der Waals surface area contributed by atoms with Crippen LogP contribution in [0.2, 0.25) is 5.02 Å². The average Bonchev–Trinajstić information content (AvgIpc) is 2.43. The molecular formula is C19H22ClN. The molecule has 1 nitrogen and oxygen atoms in total. The summed E-state index contributed by atoms with van der Waals surface area (Å²) < 4.78 is 0. The molecule has 21 heavy (non-hydrogen) atoms. The topological polar surface area (TPSA) is 12.0 Å². The number of benzene rings is 2. The number of rotatable bonds is 4. The quantitative estimate of drug-likeness (QED) is 0.813. The highest BCUT2D eigenvalue weighted by atomic mass is 35.5. The van der Waals surface area contributed by atoms with Gasteiger partial charge in [-0.1, -0.05) is 53.6 Å². The van der Waals surface area contributed by atoms with E-state index in [2.05, 4.69) is 55.6 Å². The van der Waals surface area contributed by atoms with Crippen molar-refractivity contribution in [1.82, 2.24) is 5.32 Å². The van der Waals surface area contributed by atoms with Crippen molar-refractivity contribution in [1.29, 1.82) is 0 Å². The van der Waals surface area contributed by atoms with Crippen LogP contribution in [0.15, 0.2) is 48.5 Å². The Morgan fingerprint density at radius 2 is 1.81 bits per heavy atom. The number of nitrogens with one attached hydrogen (secondary N) is 1. The van der Waals surface area contributed by atoms with Crippen LogP contribution in [0.4, 0.5) is 0 Å². The van der Waals surface area contributed by atoms with E-state index in [-0.39, 0.29) is 0 Å². The molecule has 1 saturated carbocycles. The Balaban J connectivity index is 1.54. The van der Waals surface area contributed by atoms with Crippen LogP contribution in [0.1, 0.15) is 48.4 Å². The summed E-state index contributed by atoms with van der Waals surface area (Å²) in [7, 11) is 0. The second-order valence-corrected chi connectivity index (χ2v) is 6.66. The van der Waals surface area contributed by atoms with E-state index >= 15 is 0 Å². The van der Waals surface area contributed by atoms with Crippen molar-refractivity contribution < 1.29 is 0 Å². The monoisotopic (exact) mass is 299 g/mol. The van der Waals surface area contributed by atoms with Gasteiger partial charge in [-0.25, -0.2) is 0 Å². The smallest absolute Gasteiger partial charge is 0.0406 e. The van der Waals surface area contributed by atoms with Crippen molar-refractivity contribution in [3.8, 4) is 0 Å². The highest BCUT2D eigenvalue weighted by Crippen LogP contribution is 2.38. The molecule has 0 heterocycles. The van der Waals surface area contributed by atoms with Gasteiger partial charge in [-0.3, -0.25) is 0 Å². The van der Waals surface area contributed by atoms with Crippen molar-refractivity contribution >= 4 is 11.6 Å².